The first-order valence-corrected chi connectivity index (χ1v) is 9.90. The van der Waals surface area contributed by atoms with Gasteiger partial charge < -0.3 is 5.32 Å². The number of nitrogens with zero attached hydrogens (tertiary/aromatic N) is 1. The molecule has 2 aromatic carbocycles. The normalized spacial score (nSPS) is 18.9. The molecule has 1 aliphatic heterocycles. The summed E-state index contributed by atoms with van der Waals surface area (Å²) < 4.78 is 13.1. The molecule has 3 nitrogen and oxygen atoms in total. The van der Waals surface area contributed by atoms with E-state index < -0.39 is 0 Å². The lowest BCUT2D eigenvalue weighted by Crippen LogP contribution is -2.43. The molecule has 0 unspecified atom stereocenters. The van der Waals surface area contributed by atoms with E-state index in [9.17, 15) is 9.18 Å². The van der Waals surface area contributed by atoms with Gasteiger partial charge in [-0.2, -0.15) is 0 Å². The van der Waals surface area contributed by atoms with Crippen LogP contribution in [-0.4, -0.2) is 23.9 Å². The third-order valence-electron chi connectivity index (χ3n) is 5.05. The largest absolute Gasteiger partial charge is 0.349 e. The molecule has 1 N–H and O–H groups in total. The van der Waals surface area contributed by atoms with Crippen LogP contribution >= 0.6 is 23.2 Å². The number of carbonyl (C=O) groups excluding carboxylic acids is 1. The minimum absolute atomic E-state index is 0.0294. The van der Waals surface area contributed by atoms with Gasteiger partial charge in [0.15, 0.2) is 0 Å². The van der Waals surface area contributed by atoms with Gasteiger partial charge in [0.05, 0.1) is 12.0 Å². The summed E-state index contributed by atoms with van der Waals surface area (Å²) in [7, 11) is 0. The van der Waals surface area contributed by atoms with Gasteiger partial charge in [0.2, 0.25) is 5.91 Å². The number of hydrogen-bond acceptors (Lipinski definition) is 2. The van der Waals surface area contributed by atoms with Crippen LogP contribution in [0, 0.1) is 11.7 Å². The van der Waals surface area contributed by atoms with Crippen molar-refractivity contribution in [1.82, 2.24) is 10.2 Å². The van der Waals surface area contributed by atoms with Crippen molar-refractivity contribution in [2.75, 3.05) is 13.1 Å². The zero-order chi connectivity index (χ0) is 19.4. The van der Waals surface area contributed by atoms with E-state index in [2.05, 4.69) is 10.2 Å². The molecule has 0 bridgehead atoms. The highest BCUT2D eigenvalue weighted by atomic mass is 35.5. The maximum absolute atomic E-state index is 13.1. The maximum Gasteiger partial charge on any atom is 0.224 e. The second-order valence-electron chi connectivity index (χ2n) is 7.06. The lowest BCUT2D eigenvalue weighted by atomic mass is 9.96. The van der Waals surface area contributed by atoms with E-state index in [4.69, 9.17) is 23.2 Å². The Bertz CT molecular complexity index is 777. The zero-order valence-electron chi connectivity index (χ0n) is 15.2. The second kappa shape index (κ2) is 9.05. The molecular weight excluding hydrogens is 386 g/mol. The minimum atomic E-state index is -0.279. The van der Waals surface area contributed by atoms with E-state index in [0.717, 1.165) is 30.5 Å². The second-order valence-corrected chi connectivity index (χ2v) is 7.87. The first-order valence-electron chi connectivity index (χ1n) is 9.15. The van der Waals surface area contributed by atoms with Crippen molar-refractivity contribution in [3.63, 3.8) is 0 Å². The van der Waals surface area contributed by atoms with Crippen LogP contribution < -0.4 is 5.32 Å². The molecule has 1 saturated heterocycles. The summed E-state index contributed by atoms with van der Waals surface area (Å²) in [6.07, 6.45) is 1.81. The molecule has 0 aliphatic carbocycles. The predicted molar refractivity (Wildman–Crippen MR) is 107 cm³/mol. The first kappa shape index (κ1) is 20.1. The number of likely N-dealkylation sites (tertiary alicyclic amines) is 1. The summed E-state index contributed by atoms with van der Waals surface area (Å²) in [4.78, 5) is 14.9. The Labute approximate surface area is 169 Å². The average Bonchev–Trinajstić information content (AvgIpc) is 2.65. The smallest absolute Gasteiger partial charge is 0.224 e. The van der Waals surface area contributed by atoms with E-state index in [0.29, 0.717) is 23.1 Å². The number of carbonyl (C=O) groups is 1. The summed E-state index contributed by atoms with van der Waals surface area (Å²) in [6.45, 7) is 4.13. The fourth-order valence-corrected chi connectivity index (χ4v) is 4.00. The van der Waals surface area contributed by atoms with Gasteiger partial charge in [-0.05, 0) is 56.1 Å². The lowest BCUT2D eigenvalue weighted by molar-refractivity contribution is -0.127. The number of halogens is 3. The van der Waals surface area contributed by atoms with Crippen LogP contribution in [0.3, 0.4) is 0 Å². The summed E-state index contributed by atoms with van der Waals surface area (Å²) >= 11 is 12.6. The van der Waals surface area contributed by atoms with Crippen LogP contribution in [0.15, 0.2) is 42.5 Å². The molecule has 0 aromatic heterocycles. The van der Waals surface area contributed by atoms with Crippen LogP contribution in [0.5, 0.6) is 0 Å². The minimum Gasteiger partial charge on any atom is -0.349 e. The third-order valence-corrected chi connectivity index (χ3v) is 5.76. The molecule has 144 valence electrons. The summed E-state index contributed by atoms with van der Waals surface area (Å²) in [6, 6.07) is 11.6. The Hall–Kier alpha value is -1.62. The van der Waals surface area contributed by atoms with E-state index in [1.54, 1.807) is 12.1 Å². The van der Waals surface area contributed by atoms with Gasteiger partial charge in [0, 0.05) is 28.7 Å². The SMILES string of the molecule is C[C@@H](NC(=O)[C@@H]1CCCN(Cc2c(Cl)cccc2Cl)C1)c1ccc(F)cc1. The molecule has 0 spiro atoms. The van der Waals surface area contributed by atoms with Crippen LogP contribution in [0.2, 0.25) is 10.0 Å². The van der Waals surface area contributed by atoms with Crippen molar-refractivity contribution in [3.8, 4) is 0 Å². The number of amides is 1. The van der Waals surface area contributed by atoms with Crippen molar-refractivity contribution < 1.29 is 9.18 Å². The summed E-state index contributed by atoms with van der Waals surface area (Å²) in [5.41, 5.74) is 1.79. The van der Waals surface area contributed by atoms with Gasteiger partial charge in [-0.15, -0.1) is 0 Å². The van der Waals surface area contributed by atoms with E-state index in [1.807, 2.05) is 25.1 Å². The highest BCUT2D eigenvalue weighted by molar-refractivity contribution is 6.35. The van der Waals surface area contributed by atoms with Crippen LogP contribution in [0.4, 0.5) is 4.39 Å². The molecule has 2 aromatic rings. The van der Waals surface area contributed by atoms with Crippen molar-refractivity contribution in [2.45, 2.75) is 32.4 Å². The molecule has 6 heteroatoms. The highest BCUT2D eigenvalue weighted by Crippen LogP contribution is 2.28. The van der Waals surface area contributed by atoms with Gasteiger partial charge >= 0.3 is 0 Å². The number of rotatable bonds is 5. The maximum atomic E-state index is 13.1. The topological polar surface area (TPSA) is 32.3 Å². The zero-order valence-corrected chi connectivity index (χ0v) is 16.7. The van der Waals surface area contributed by atoms with E-state index in [-0.39, 0.29) is 23.7 Å². The lowest BCUT2D eigenvalue weighted by Gasteiger charge is -2.33. The van der Waals surface area contributed by atoms with Crippen LogP contribution in [0.1, 0.15) is 36.9 Å². The number of hydrogen-bond donors (Lipinski definition) is 1. The molecule has 0 radical (unpaired) electrons. The summed E-state index contributed by atoms with van der Waals surface area (Å²) in [5, 5.41) is 4.36. The highest BCUT2D eigenvalue weighted by Gasteiger charge is 2.27. The van der Waals surface area contributed by atoms with Gasteiger partial charge in [-0.25, -0.2) is 4.39 Å². The van der Waals surface area contributed by atoms with Crippen molar-refractivity contribution in [1.29, 1.82) is 0 Å². The first-order chi connectivity index (χ1) is 12.9. The van der Waals surface area contributed by atoms with Gasteiger partial charge in [-0.3, -0.25) is 9.69 Å². The standard InChI is InChI=1S/C21H23Cl2FN2O/c1-14(15-7-9-17(24)10-8-15)25-21(27)16-4-3-11-26(12-16)13-18-19(22)5-2-6-20(18)23/h2,5-10,14,16H,3-4,11-13H2,1H3,(H,25,27)/t14-,16-/m1/s1. The Morgan fingerprint density at radius 1 is 1.22 bits per heavy atom. The van der Waals surface area contributed by atoms with Crippen molar-refractivity contribution in [2.24, 2.45) is 5.92 Å². The van der Waals surface area contributed by atoms with Gasteiger partial charge in [0.1, 0.15) is 5.82 Å². The van der Waals surface area contributed by atoms with Crippen LogP contribution in [0.25, 0.3) is 0 Å². The molecule has 2 atom stereocenters. The molecule has 0 saturated carbocycles. The fourth-order valence-electron chi connectivity index (χ4n) is 3.49. The van der Waals surface area contributed by atoms with Crippen molar-refractivity contribution >= 4 is 29.1 Å². The molecule has 27 heavy (non-hydrogen) atoms. The third kappa shape index (κ3) is 5.22. The summed E-state index contributed by atoms with van der Waals surface area (Å²) in [5.74, 6) is -0.330. The Morgan fingerprint density at radius 3 is 2.56 bits per heavy atom. The molecule has 1 fully saturated rings. The monoisotopic (exact) mass is 408 g/mol. The molecule has 1 heterocycles. The van der Waals surface area contributed by atoms with E-state index in [1.165, 1.54) is 12.1 Å². The molecule has 3 rings (SSSR count). The number of nitrogens with one attached hydrogen (secondary N) is 1. The Morgan fingerprint density at radius 2 is 1.89 bits per heavy atom. The van der Waals surface area contributed by atoms with Gasteiger partial charge in [0.25, 0.3) is 0 Å². The Balaban J connectivity index is 1.60. The quantitative estimate of drug-likeness (QED) is 0.734. The van der Waals surface area contributed by atoms with Gasteiger partial charge in [-0.1, -0.05) is 41.4 Å². The molecule has 1 aliphatic rings. The predicted octanol–water partition coefficient (Wildman–Crippen LogP) is 5.22. The number of piperidine rings is 1. The molecular formula is C21H23Cl2FN2O. The Kier molecular flexibility index (Phi) is 6.74. The van der Waals surface area contributed by atoms with Crippen LogP contribution in [-0.2, 0) is 11.3 Å². The number of benzene rings is 2. The van der Waals surface area contributed by atoms with Crippen molar-refractivity contribution in [3.05, 3.63) is 69.5 Å². The van der Waals surface area contributed by atoms with E-state index >= 15 is 0 Å². The molecule has 1 amide bonds. The fraction of sp³-hybridized carbons (Fsp3) is 0.381. The average molecular weight is 409 g/mol.